The van der Waals surface area contributed by atoms with Crippen molar-refractivity contribution in [1.82, 2.24) is 14.5 Å². The van der Waals surface area contributed by atoms with E-state index in [1.807, 2.05) is 115 Å². The third-order valence-corrected chi connectivity index (χ3v) is 12.0. The maximum absolute atomic E-state index is 9.04. The predicted molar refractivity (Wildman–Crippen MR) is 277 cm³/mol. The van der Waals surface area contributed by atoms with E-state index in [9.17, 15) is 0 Å². The molecule has 316 valence electrons. The first-order valence-corrected chi connectivity index (χ1v) is 22.3. The minimum absolute atomic E-state index is 0.124. The Bertz CT molecular complexity index is 3450. The van der Waals surface area contributed by atoms with Crippen molar-refractivity contribution in [1.29, 1.82) is 5.41 Å². The lowest BCUT2D eigenvalue weighted by Gasteiger charge is -2.15. The van der Waals surface area contributed by atoms with Crippen LogP contribution in [0.1, 0.15) is 16.7 Å². The Balaban J connectivity index is 1.15. The fraction of sp³-hybridized carbons (Fsp3) is 0. The molecule has 0 saturated carbocycles. The van der Waals surface area contributed by atoms with Gasteiger partial charge in [-0.05, 0) is 64.7 Å². The van der Waals surface area contributed by atoms with Crippen molar-refractivity contribution in [3.05, 3.63) is 259 Å². The van der Waals surface area contributed by atoms with E-state index in [0.29, 0.717) is 17.2 Å². The van der Waals surface area contributed by atoms with Crippen molar-refractivity contribution >= 4 is 39.7 Å². The van der Waals surface area contributed by atoms with E-state index in [2.05, 4.69) is 138 Å². The number of fused-ring (bicyclic) bond motifs is 3. The molecule has 0 fully saturated rings. The van der Waals surface area contributed by atoms with Crippen molar-refractivity contribution in [2.45, 2.75) is 0 Å². The van der Waals surface area contributed by atoms with Crippen molar-refractivity contribution in [3.8, 4) is 61.8 Å². The standard InChI is InChI=1S/C61H42N6/c62-59(45-25-13-4-14-26-45)66-60(46-27-15-5-16-28-46)63-41-51-37-50(55-40-54(44-23-11-3-12-24-44)64-61(65-55)47-29-17-6-18-30-47)33-34-56(51)67-57-35-31-48(42-19-7-1-8-20-42)38-52(57)53-39-49(32-36-58(53)67)43-21-9-2-10-22-43/h1-41,62H. The molecule has 11 rings (SSSR count). The number of hydrogen-bond acceptors (Lipinski definition) is 3. The highest BCUT2D eigenvalue weighted by atomic mass is 15.0. The molecule has 0 unspecified atom stereocenters. The first-order valence-electron chi connectivity index (χ1n) is 22.3. The summed E-state index contributed by atoms with van der Waals surface area (Å²) in [5, 5.41) is 11.3. The second-order valence-electron chi connectivity index (χ2n) is 16.3. The lowest BCUT2D eigenvalue weighted by molar-refractivity contribution is 1.16. The number of nitrogens with one attached hydrogen (secondary N) is 1. The van der Waals surface area contributed by atoms with Gasteiger partial charge in [0.05, 0.1) is 28.1 Å². The summed E-state index contributed by atoms with van der Waals surface area (Å²) in [6.45, 7) is 0. The molecule has 0 radical (unpaired) electrons. The fourth-order valence-electron chi connectivity index (χ4n) is 8.64. The summed E-state index contributed by atoms with van der Waals surface area (Å²) in [5.41, 5.74) is 14.4. The highest BCUT2D eigenvalue weighted by Crippen LogP contribution is 2.39. The summed E-state index contributed by atoms with van der Waals surface area (Å²) in [6.07, 6.45) is 1.88. The van der Waals surface area contributed by atoms with Crippen molar-refractivity contribution < 1.29 is 0 Å². The number of rotatable bonds is 9. The number of hydrogen-bond donors (Lipinski definition) is 1. The Labute approximate surface area is 389 Å². The summed E-state index contributed by atoms with van der Waals surface area (Å²) in [5.74, 6) is 1.19. The van der Waals surface area contributed by atoms with Gasteiger partial charge in [-0.2, -0.15) is 0 Å². The van der Waals surface area contributed by atoms with Gasteiger partial charge in [0.1, 0.15) is 0 Å². The second-order valence-corrected chi connectivity index (χ2v) is 16.3. The van der Waals surface area contributed by atoms with E-state index in [-0.39, 0.29) is 5.84 Å². The number of aliphatic imine (C=N–C) groups is 2. The van der Waals surface area contributed by atoms with Crippen LogP contribution in [0.25, 0.3) is 83.6 Å². The summed E-state index contributed by atoms with van der Waals surface area (Å²) in [7, 11) is 0. The minimum Gasteiger partial charge on any atom is -0.309 e. The average Bonchev–Trinajstić information content (AvgIpc) is 3.73. The highest BCUT2D eigenvalue weighted by molar-refractivity contribution is 6.15. The Kier molecular flexibility index (Phi) is 11.0. The van der Waals surface area contributed by atoms with Gasteiger partial charge in [-0.25, -0.2) is 20.0 Å². The largest absolute Gasteiger partial charge is 0.309 e. The molecule has 6 heteroatoms. The normalized spacial score (nSPS) is 11.7. The predicted octanol–water partition coefficient (Wildman–Crippen LogP) is 14.8. The number of nitrogens with zero attached hydrogens (tertiary/aromatic N) is 5. The molecule has 0 amide bonds. The maximum atomic E-state index is 9.04. The van der Waals surface area contributed by atoms with Gasteiger partial charge in [0.2, 0.25) is 0 Å². The quantitative estimate of drug-likeness (QED) is 0.116. The zero-order valence-electron chi connectivity index (χ0n) is 36.4. The average molecular weight is 859 g/mol. The van der Waals surface area contributed by atoms with Gasteiger partial charge in [-0.3, -0.25) is 5.41 Å². The van der Waals surface area contributed by atoms with Crippen molar-refractivity contribution in [2.75, 3.05) is 0 Å². The third kappa shape index (κ3) is 8.39. The molecule has 0 aliphatic heterocycles. The molecule has 0 saturated heterocycles. The molecule has 1 N–H and O–H groups in total. The highest BCUT2D eigenvalue weighted by Gasteiger charge is 2.19. The molecule has 0 bridgehead atoms. The third-order valence-electron chi connectivity index (χ3n) is 12.0. The van der Waals surface area contributed by atoms with E-state index in [1.165, 1.54) is 0 Å². The topological polar surface area (TPSA) is 79.3 Å². The lowest BCUT2D eigenvalue weighted by Crippen LogP contribution is -2.06. The summed E-state index contributed by atoms with van der Waals surface area (Å²) in [4.78, 5) is 20.3. The van der Waals surface area contributed by atoms with Crippen LogP contribution in [0.3, 0.4) is 0 Å². The maximum Gasteiger partial charge on any atom is 0.161 e. The Morgan fingerprint density at radius 3 is 1.39 bits per heavy atom. The zero-order chi connectivity index (χ0) is 44.9. The number of benzene rings is 9. The Hall–Kier alpha value is -9.13. The molecular weight excluding hydrogens is 817 g/mol. The number of amidine groups is 2. The molecule has 67 heavy (non-hydrogen) atoms. The van der Waals surface area contributed by atoms with Crippen LogP contribution in [0, 0.1) is 5.41 Å². The van der Waals surface area contributed by atoms with Crippen LogP contribution in [0.4, 0.5) is 0 Å². The van der Waals surface area contributed by atoms with Crippen molar-refractivity contribution in [2.24, 2.45) is 9.98 Å². The molecule has 2 heterocycles. The van der Waals surface area contributed by atoms with Gasteiger partial charge in [0, 0.05) is 50.4 Å². The fourth-order valence-corrected chi connectivity index (χ4v) is 8.64. The van der Waals surface area contributed by atoms with Crippen LogP contribution in [0.5, 0.6) is 0 Å². The first-order chi connectivity index (χ1) is 33.1. The van der Waals surface area contributed by atoms with Crippen LogP contribution in [-0.2, 0) is 0 Å². The summed E-state index contributed by atoms with van der Waals surface area (Å²) >= 11 is 0. The van der Waals surface area contributed by atoms with E-state index in [1.54, 1.807) is 0 Å². The van der Waals surface area contributed by atoms with Gasteiger partial charge in [-0.1, -0.05) is 200 Å². The molecule has 9 aromatic carbocycles. The van der Waals surface area contributed by atoms with Crippen LogP contribution >= 0.6 is 0 Å². The summed E-state index contributed by atoms with van der Waals surface area (Å²) in [6, 6.07) is 82.9. The van der Waals surface area contributed by atoms with E-state index >= 15 is 0 Å². The lowest BCUT2D eigenvalue weighted by atomic mass is 10.0. The molecule has 0 aliphatic carbocycles. The first kappa shape index (κ1) is 40.6. The smallest absolute Gasteiger partial charge is 0.161 e. The molecule has 2 aromatic heterocycles. The second kappa shape index (κ2) is 18.2. The van der Waals surface area contributed by atoms with E-state index in [0.717, 1.165) is 89.0 Å². The molecule has 0 spiro atoms. The van der Waals surface area contributed by atoms with Crippen LogP contribution < -0.4 is 0 Å². The molecule has 0 aliphatic rings. The Morgan fingerprint density at radius 1 is 0.403 bits per heavy atom. The Morgan fingerprint density at radius 2 is 0.851 bits per heavy atom. The van der Waals surface area contributed by atoms with E-state index < -0.39 is 0 Å². The summed E-state index contributed by atoms with van der Waals surface area (Å²) < 4.78 is 2.34. The van der Waals surface area contributed by atoms with Gasteiger partial charge in [0.15, 0.2) is 17.5 Å². The molecule has 11 aromatic rings. The van der Waals surface area contributed by atoms with Gasteiger partial charge >= 0.3 is 0 Å². The van der Waals surface area contributed by atoms with Crippen molar-refractivity contribution in [3.63, 3.8) is 0 Å². The van der Waals surface area contributed by atoms with Gasteiger partial charge in [-0.15, -0.1) is 0 Å². The monoisotopic (exact) mass is 858 g/mol. The number of aromatic nitrogens is 3. The zero-order valence-corrected chi connectivity index (χ0v) is 36.4. The van der Waals surface area contributed by atoms with Gasteiger partial charge < -0.3 is 4.57 Å². The minimum atomic E-state index is 0.124. The van der Waals surface area contributed by atoms with E-state index in [4.69, 9.17) is 25.4 Å². The molecule has 6 nitrogen and oxygen atoms in total. The van der Waals surface area contributed by atoms with Gasteiger partial charge in [0.25, 0.3) is 0 Å². The van der Waals surface area contributed by atoms with Crippen LogP contribution in [0.15, 0.2) is 253 Å². The van der Waals surface area contributed by atoms with Crippen LogP contribution in [-0.4, -0.2) is 32.4 Å². The van der Waals surface area contributed by atoms with Crippen LogP contribution in [0.2, 0.25) is 0 Å². The SMILES string of the molecule is N=C(N=C(N=Cc1cc(-c2cc(-c3ccccc3)nc(-c3ccccc3)n2)ccc1-n1c2ccc(-c3ccccc3)cc2c2cc(-c3ccccc3)ccc21)c1ccccc1)c1ccccc1. The molecular formula is C61H42N6. The molecule has 0 atom stereocenters.